The second-order valence-corrected chi connectivity index (χ2v) is 7.31. The van der Waals surface area contributed by atoms with Crippen molar-refractivity contribution in [3.8, 4) is 0 Å². The van der Waals surface area contributed by atoms with Crippen LogP contribution in [0.5, 0.6) is 0 Å². The highest BCUT2D eigenvalue weighted by Gasteiger charge is 2.63. The molecule has 3 fully saturated rings. The molecule has 2 bridgehead atoms. The predicted molar refractivity (Wildman–Crippen MR) is 89.4 cm³/mol. The van der Waals surface area contributed by atoms with Gasteiger partial charge >= 0.3 is 0 Å². The number of carbonyl (C=O) groups excluding carboxylic acids is 2. The fourth-order valence-corrected chi connectivity index (χ4v) is 4.81. The van der Waals surface area contributed by atoms with E-state index in [1.165, 1.54) is 4.90 Å². The van der Waals surface area contributed by atoms with E-state index in [0.717, 1.165) is 12.8 Å². The number of hydrogen-bond acceptors (Lipinski definition) is 5. The molecule has 3 saturated heterocycles. The monoisotopic (exact) mass is 344 g/mol. The van der Waals surface area contributed by atoms with Crippen molar-refractivity contribution in [2.45, 2.75) is 52.7 Å². The normalized spacial score (nSPS) is 30.3. The number of nitro groups is 1. The Balaban J connectivity index is 1.88. The van der Waals surface area contributed by atoms with Gasteiger partial charge in [0.1, 0.15) is 0 Å². The van der Waals surface area contributed by atoms with Crippen LogP contribution in [0.4, 0.5) is 11.4 Å². The van der Waals surface area contributed by atoms with Gasteiger partial charge in [-0.2, -0.15) is 0 Å². The van der Waals surface area contributed by atoms with Gasteiger partial charge in [0.25, 0.3) is 5.69 Å². The molecule has 132 valence electrons. The molecule has 3 heterocycles. The van der Waals surface area contributed by atoms with Crippen molar-refractivity contribution in [1.29, 1.82) is 0 Å². The van der Waals surface area contributed by atoms with Crippen LogP contribution in [0.1, 0.15) is 35.1 Å². The highest BCUT2D eigenvalue weighted by atomic mass is 16.6. The Labute approximate surface area is 145 Å². The summed E-state index contributed by atoms with van der Waals surface area (Å²) in [4.78, 5) is 38.3. The van der Waals surface area contributed by atoms with Crippen LogP contribution < -0.4 is 4.90 Å². The molecule has 1 aromatic rings. The second kappa shape index (κ2) is 5.11. The summed E-state index contributed by atoms with van der Waals surface area (Å²) in [5.41, 5.74) is 2.81. The number of anilines is 1. The van der Waals surface area contributed by atoms with E-state index in [4.69, 9.17) is 4.74 Å². The molecule has 3 aliphatic heterocycles. The molecule has 0 N–H and O–H groups in total. The van der Waals surface area contributed by atoms with Gasteiger partial charge < -0.3 is 4.74 Å². The van der Waals surface area contributed by atoms with E-state index in [1.807, 2.05) is 0 Å². The zero-order valence-corrected chi connectivity index (χ0v) is 14.7. The summed E-state index contributed by atoms with van der Waals surface area (Å²) in [5, 5.41) is 11.4. The molecule has 0 aliphatic carbocycles. The maximum absolute atomic E-state index is 13.0. The SMILES string of the molecule is Cc1c(C)c([N+](=O)[O-])c(C)c(C)c1N1C(=O)C2C3CCC(O3)C2C1=O. The zero-order chi connectivity index (χ0) is 18.2. The van der Waals surface area contributed by atoms with Crippen molar-refractivity contribution in [3.63, 3.8) is 0 Å². The Hall–Kier alpha value is -2.28. The van der Waals surface area contributed by atoms with Gasteiger partial charge in [-0.05, 0) is 51.7 Å². The number of fused-ring (bicyclic) bond motifs is 5. The zero-order valence-electron chi connectivity index (χ0n) is 14.7. The molecule has 0 spiro atoms. The molecule has 2 amide bonds. The van der Waals surface area contributed by atoms with Gasteiger partial charge in [0.15, 0.2) is 0 Å². The van der Waals surface area contributed by atoms with E-state index < -0.39 is 16.8 Å². The minimum Gasteiger partial charge on any atom is -0.373 e. The van der Waals surface area contributed by atoms with Gasteiger partial charge in [-0.3, -0.25) is 19.7 Å². The van der Waals surface area contributed by atoms with Crippen LogP contribution in [0.25, 0.3) is 0 Å². The summed E-state index contributed by atoms with van der Waals surface area (Å²) >= 11 is 0. The second-order valence-electron chi connectivity index (χ2n) is 7.31. The minimum atomic E-state index is -0.402. The number of hydrogen-bond donors (Lipinski definition) is 0. The smallest absolute Gasteiger partial charge is 0.275 e. The third kappa shape index (κ3) is 1.90. The molecule has 0 saturated carbocycles. The third-order valence-electron chi connectivity index (χ3n) is 6.24. The number of nitrogens with zero attached hydrogens (tertiary/aromatic N) is 2. The molecule has 25 heavy (non-hydrogen) atoms. The van der Waals surface area contributed by atoms with Crippen molar-refractivity contribution in [2.24, 2.45) is 11.8 Å². The molecule has 4 atom stereocenters. The Morgan fingerprint density at radius 3 is 1.76 bits per heavy atom. The molecule has 7 nitrogen and oxygen atoms in total. The lowest BCUT2D eigenvalue weighted by Crippen LogP contribution is -2.35. The molecule has 1 aromatic carbocycles. The van der Waals surface area contributed by atoms with Gasteiger partial charge in [0.2, 0.25) is 11.8 Å². The maximum Gasteiger partial charge on any atom is 0.275 e. The quantitative estimate of drug-likeness (QED) is 0.467. The Morgan fingerprint density at radius 2 is 1.36 bits per heavy atom. The van der Waals surface area contributed by atoms with Gasteiger partial charge in [0.05, 0.1) is 34.7 Å². The van der Waals surface area contributed by atoms with Gasteiger partial charge in [-0.15, -0.1) is 0 Å². The van der Waals surface area contributed by atoms with Crippen LogP contribution in [0.2, 0.25) is 0 Å². The van der Waals surface area contributed by atoms with Crippen LogP contribution in [-0.2, 0) is 14.3 Å². The minimum absolute atomic E-state index is 0.0569. The van der Waals surface area contributed by atoms with E-state index in [1.54, 1.807) is 27.7 Å². The van der Waals surface area contributed by atoms with E-state index in [-0.39, 0.29) is 29.7 Å². The summed E-state index contributed by atoms with van der Waals surface area (Å²) in [7, 11) is 0. The number of imide groups is 1. The molecular formula is C18H20N2O5. The molecule has 0 aromatic heterocycles. The largest absolute Gasteiger partial charge is 0.373 e. The molecule has 4 unspecified atom stereocenters. The Kier molecular flexibility index (Phi) is 3.31. The molecule has 7 heteroatoms. The van der Waals surface area contributed by atoms with Gasteiger partial charge in [-0.1, -0.05) is 0 Å². The first-order chi connectivity index (χ1) is 11.8. The first-order valence-electron chi connectivity index (χ1n) is 8.53. The average molecular weight is 344 g/mol. The van der Waals surface area contributed by atoms with Gasteiger partial charge in [0, 0.05) is 11.1 Å². The van der Waals surface area contributed by atoms with Crippen LogP contribution in [0.3, 0.4) is 0 Å². The fourth-order valence-electron chi connectivity index (χ4n) is 4.81. The summed E-state index contributed by atoms with van der Waals surface area (Å²) in [5.74, 6) is -1.25. The van der Waals surface area contributed by atoms with E-state index in [0.29, 0.717) is 27.9 Å². The number of amides is 2. The standard InChI is InChI=1S/C18H20N2O5/c1-7-9(3)16(20(23)24)10(4)8(2)15(7)19-17(21)13-11-5-6-12(25-11)14(13)18(19)22/h11-14H,5-6H2,1-4H3. The number of carbonyl (C=O) groups is 2. The van der Waals surface area contributed by atoms with Crippen LogP contribution in [0.15, 0.2) is 0 Å². The highest BCUT2D eigenvalue weighted by molar-refractivity contribution is 6.23. The van der Waals surface area contributed by atoms with Crippen LogP contribution in [-0.4, -0.2) is 28.9 Å². The first-order valence-corrected chi connectivity index (χ1v) is 8.53. The van der Waals surface area contributed by atoms with E-state index in [2.05, 4.69) is 0 Å². The number of rotatable bonds is 2. The third-order valence-corrected chi connectivity index (χ3v) is 6.24. The van der Waals surface area contributed by atoms with Crippen molar-refractivity contribution in [1.82, 2.24) is 0 Å². The summed E-state index contributed by atoms with van der Waals surface area (Å²) in [6.07, 6.45) is 1.29. The van der Waals surface area contributed by atoms with Crippen molar-refractivity contribution < 1.29 is 19.2 Å². The number of ether oxygens (including phenoxy) is 1. The Morgan fingerprint density at radius 1 is 0.920 bits per heavy atom. The lowest BCUT2D eigenvalue weighted by molar-refractivity contribution is -0.386. The average Bonchev–Trinajstić information content (AvgIpc) is 3.22. The highest BCUT2D eigenvalue weighted by Crippen LogP contribution is 2.51. The van der Waals surface area contributed by atoms with Crippen molar-refractivity contribution >= 4 is 23.2 Å². The lowest BCUT2D eigenvalue weighted by Gasteiger charge is -2.24. The van der Waals surface area contributed by atoms with Crippen molar-refractivity contribution in [3.05, 3.63) is 32.4 Å². The van der Waals surface area contributed by atoms with Crippen molar-refractivity contribution in [2.75, 3.05) is 4.90 Å². The molecule has 3 aliphatic rings. The van der Waals surface area contributed by atoms with Crippen LogP contribution in [0, 0.1) is 49.6 Å². The molecular weight excluding hydrogens is 324 g/mol. The molecule has 4 rings (SSSR count). The van der Waals surface area contributed by atoms with E-state index >= 15 is 0 Å². The Bertz CT molecular complexity index is 789. The summed E-state index contributed by atoms with van der Waals surface area (Å²) in [6, 6.07) is 0. The molecule has 0 radical (unpaired) electrons. The lowest BCUT2D eigenvalue weighted by atomic mass is 9.81. The predicted octanol–water partition coefficient (Wildman–Crippen LogP) is 2.50. The number of benzene rings is 1. The number of nitro benzene ring substituents is 1. The summed E-state index contributed by atoms with van der Waals surface area (Å²) < 4.78 is 5.77. The maximum atomic E-state index is 13.0. The van der Waals surface area contributed by atoms with E-state index in [9.17, 15) is 19.7 Å². The topological polar surface area (TPSA) is 89.8 Å². The fraction of sp³-hybridized carbons (Fsp3) is 0.556. The summed E-state index contributed by atoms with van der Waals surface area (Å²) in [6.45, 7) is 6.82. The first kappa shape index (κ1) is 16.2. The van der Waals surface area contributed by atoms with Crippen LogP contribution >= 0.6 is 0 Å². The van der Waals surface area contributed by atoms with Gasteiger partial charge in [-0.25, -0.2) is 4.90 Å².